The van der Waals surface area contributed by atoms with E-state index in [2.05, 4.69) is 60.0 Å². The molecular weight excluding hydrogens is 340 g/mol. The van der Waals surface area contributed by atoms with Crippen molar-refractivity contribution in [3.63, 3.8) is 0 Å². The first-order valence-electron chi connectivity index (χ1n) is 7.82. The van der Waals surface area contributed by atoms with Crippen molar-refractivity contribution in [3.05, 3.63) is 41.3 Å². The van der Waals surface area contributed by atoms with E-state index in [0.29, 0.717) is 6.04 Å². The van der Waals surface area contributed by atoms with Crippen molar-refractivity contribution in [2.45, 2.75) is 31.8 Å². The number of aromatic nitrogens is 3. The van der Waals surface area contributed by atoms with Gasteiger partial charge in [0.15, 0.2) is 0 Å². The SMILES string of the molecule is Brc1ccc2[nH]c(-c3cncn3CC3CCCCN3)cc2c1. The highest BCUT2D eigenvalue weighted by Crippen LogP contribution is 2.26. The van der Waals surface area contributed by atoms with Gasteiger partial charge in [0.2, 0.25) is 0 Å². The van der Waals surface area contributed by atoms with Gasteiger partial charge in [0.1, 0.15) is 0 Å². The minimum Gasteiger partial charge on any atom is -0.353 e. The summed E-state index contributed by atoms with van der Waals surface area (Å²) in [6.07, 6.45) is 7.75. The number of nitrogens with zero attached hydrogens (tertiary/aromatic N) is 2. The van der Waals surface area contributed by atoms with Gasteiger partial charge in [-0.1, -0.05) is 22.4 Å². The molecule has 1 aliphatic rings. The van der Waals surface area contributed by atoms with Gasteiger partial charge in [0.25, 0.3) is 0 Å². The first-order valence-corrected chi connectivity index (χ1v) is 8.61. The molecule has 1 atom stereocenters. The topological polar surface area (TPSA) is 45.6 Å². The molecule has 5 heteroatoms. The average Bonchev–Trinajstić information content (AvgIpc) is 3.14. The lowest BCUT2D eigenvalue weighted by Gasteiger charge is -2.24. The number of fused-ring (bicyclic) bond motifs is 1. The van der Waals surface area contributed by atoms with Crippen molar-refractivity contribution in [1.82, 2.24) is 19.9 Å². The molecule has 3 heterocycles. The van der Waals surface area contributed by atoms with Crippen molar-refractivity contribution in [2.24, 2.45) is 0 Å². The predicted molar refractivity (Wildman–Crippen MR) is 92.9 cm³/mol. The Morgan fingerprint density at radius 2 is 2.23 bits per heavy atom. The molecule has 0 amide bonds. The van der Waals surface area contributed by atoms with E-state index in [1.807, 2.05) is 12.5 Å². The number of halogens is 1. The number of aromatic amines is 1. The van der Waals surface area contributed by atoms with Gasteiger partial charge in [0, 0.05) is 28.0 Å². The summed E-state index contributed by atoms with van der Waals surface area (Å²) >= 11 is 3.53. The molecule has 114 valence electrons. The van der Waals surface area contributed by atoms with Crippen LogP contribution < -0.4 is 5.32 Å². The Labute approximate surface area is 138 Å². The fourth-order valence-electron chi connectivity index (χ4n) is 3.25. The predicted octanol–water partition coefficient (Wildman–Crippen LogP) is 3.94. The zero-order valence-electron chi connectivity index (χ0n) is 12.3. The Balaban J connectivity index is 1.65. The largest absolute Gasteiger partial charge is 0.353 e. The van der Waals surface area contributed by atoms with Crippen LogP contribution in [-0.2, 0) is 6.54 Å². The smallest absolute Gasteiger partial charge is 0.0951 e. The molecule has 2 N–H and O–H groups in total. The molecule has 3 aromatic rings. The van der Waals surface area contributed by atoms with Crippen LogP contribution in [0.5, 0.6) is 0 Å². The van der Waals surface area contributed by atoms with E-state index in [0.717, 1.165) is 34.5 Å². The normalized spacial score (nSPS) is 18.9. The Kier molecular flexibility index (Phi) is 3.76. The molecular formula is C17H19BrN4. The summed E-state index contributed by atoms with van der Waals surface area (Å²) < 4.78 is 3.36. The zero-order chi connectivity index (χ0) is 14.9. The van der Waals surface area contributed by atoms with Crippen molar-refractivity contribution in [2.75, 3.05) is 6.54 Å². The van der Waals surface area contributed by atoms with E-state index in [1.165, 1.54) is 24.6 Å². The van der Waals surface area contributed by atoms with Crippen LogP contribution in [0, 0.1) is 0 Å². The molecule has 1 aliphatic heterocycles. The third-order valence-corrected chi connectivity index (χ3v) is 4.89. The summed E-state index contributed by atoms with van der Waals surface area (Å²) in [5.74, 6) is 0. The van der Waals surface area contributed by atoms with Crippen LogP contribution in [0.15, 0.2) is 41.3 Å². The van der Waals surface area contributed by atoms with Gasteiger partial charge in [-0.3, -0.25) is 0 Å². The summed E-state index contributed by atoms with van der Waals surface area (Å²) in [5.41, 5.74) is 3.43. The Bertz CT molecular complexity index is 783. The van der Waals surface area contributed by atoms with E-state index in [9.17, 15) is 0 Å². The van der Waals surface area contributed by atoms with Crippen LogP contribution in [0.25, 0.3) is 22.3 Å². The number of H-pyrrole nitrogens is 1. The average molecular weight is 359 g/mol. The number of hydrogen-bond donors (Lipinski definition) is 2. The Morgan fingerprint density at radius 3 is 3.09 bits per heavy atom. The molecule has 1 unspecified atom stereocenters. The van der Waals surface area contributed by atoms with Crippen LogP contribution in [0.3, 0.4) is 0 Å². The number of rotatable bonds is 3. The first-order chi connectivity index (χ1) is 10.8. The Morgan fingerprint density at radius 1 is 1.27 bits per heavy atom. The summed E-state index contributed by atoms with van der Waals surface area (Å²) in [7, 11) is 0. The number of benzene rings is 1. The third-order valence-electron chi connectivity index (χ3n) is 4.40. The highest BCUT2D eigenvalue weighted by molar-refractivity contribution is 9.10. The molecule has 1 saturated heterocycles. The molecule has 4 nitrogen and oxygen atoms in total. The van der Waals surface area contributed by atoms with Crippen LogP contribution in [0.4, 0.5) is 0 Å². The Hall–Kier alpha value is -1.59. The maximum absolute atomic E-state index is 4.36. The van der Waals surface area contributed by atoms with E-state index in [4.69, 9.17) is 0 Å². The molecule has 0 spiro atoms. The zero-order valence-corrected chi connectivity index (χ0v) is 13.9. The second-order valence-electron chi connectivity index (χ2n) is 5.99. The lowest BCUT2D eigenvalue weighted by Crippen LogP contribution is -2.37. The summed E-state index contributed by atoms with van der Waals surface area (Å²) in [6, 6.07) is 9.05. The molecule has 0 saturated carbocycles. The lowest BCUT2D eigenvalue weighted by molar-refractivity contribution is 0.364. The summed E-state index contributed by atoms with van der Waals surface area (Å²) in [4.78, 5) is 7.86. The summed E-state index contributed by atoms with van der Waals surface area (Å²) in [5, 5.41) is 4.82. The maximum atomic E-state index is 4.36. The van der Waals surface area contributed by atoms with Gasteiger partial charge in [-0.15, -0.1) is 0 Å². The third kappa shape index (κ3) is 2.71. The highest BCUT2D eigenvalue weighted by atomic mass is 79.9. The molecule has 1 aromatic carbocycles. The molecule has 2 aromatic heterocycles. The second kappa shape index (κ2) is 5.89. The van der Waals surface area contributed by atoms with Gasteiger partial charge in [-0.2, -0.15) is 0 Å². The van der Waals surface area contributed by atoms with Gasteiger partial charge >= 0.3 is 0 Å². The first kappa shape index (κ1) is 14.0. The highest BCUT2D eigenvalue weighted by Gasteiger charge is 2.16. The van der Waals surface area contributed by atoms with E-state index in [1.54, 1.807) is 0 Å². The number of piperidine rings is 1. The fourth-order valence-corrected chi connectivity index (χ4v) is 3.63. The minimum atomic E-state index is 0.556. The van der Waals surface area contributed by atoms with Crippen molar-refractivity contribution in [1.29, 1.82) is 0 Å². The van der Waals surface area contributed by atoms with Crippen LogP contribution in [-0.4, -0.2) is 27.1 Å². The monoisotopic (exact) mass is 358 g/mol. The van der Waals surface area contributed by atoms with Crippen LogP contribution in [0.1, 0.15) is 19.3 Å². The molecule has 0 aliphatic carbocycles. The van der Waals surface area contributed by atoms with Gasteiger partial charge < -0.3 is 14.9 Å². The van der Waals surface area contributed by atoms with Gasteiger partial charge in [-0.05, 0) is 43.7 Å². The quantitative estimate of drug-likeness (QED) is 0.744. The lowest BCUT2D eigenvalue weighted by atomic mass is 10.1. The van der Waals surface area contributed by atoms with Crippen LogP contribution >= 0.6 is 15.9 Å². The van der Waals surface area contributed by atoms with Gasteiger partial charge in [-0.25, -0.2) is 4.98 Å². The molecule has 22 heavy (non-hydrogen) atoms. The van der Waals surface area contributed by atoms with Crippen LogP contribution in [0.2, 0.25) is 0 Å². The fraction of sp³-hybridized carbons (Fsp3) is 0.353. The second-order valence-corrected chi connectivity index (χ2v) is 6.91. The maximum Gasteiger partial charge on any atom is 0.0951 e. The van der Waals surface area contributed by atoms with Crippen molar-refractivity contribution < 1.29 is 0 Å². The number of imidazole rings is 1. The molecule has 0 radical (unpaired) electrons. The van der Waals surface area contributed by atoms with E-state index < -0.39 is 0 Å². The van der Waals surface area contributed by atoms with Gasteiger partial charge in [0.05, 0.1) is 23.9 Å². The molecule has 1 fully saturated rings. The molecule has 4 rings (SSSR count). The number of hydrogen-bond acceptors (Lipinski definition) is 2. The summed E-state index contributed by atoms with van der Waals surface area (Å²) in [6.45, 7) is 2.11. The number of nitrogens with one attached hydrogen (secondary N) is 2. The van der Waals surface area contributed by atoms with Crippen molar-refractivity contribution >= 4 is 26.8 Å². The minimum absolute atomic E-state index is 0.556. The van der Waals surface area contributed by atoms with E-state index in [-0.39, 0.29) is 0 Å². The van der Waals surface area contributed by atoms with Crippen molar-refractivity contribution in [3.8, 4) is 11.4 Å². The van der Waals surface area contributed by atoms with E-state index >= 15 is 0 Å². The standard InChI is InChI=1S/C17H19BrN4/c18-13-4-5-15-12(7-13)8-16(21-15)17-9-19-11-22(17)10-14-3-1-2-6-20-14/h4-5,7-9,11,14,20-21H,1-3,6,10H2. The molecule has 0 bridgehead atoms.